The lowest BCUT2D eigenvalue weighted by molar-refractivity contribution is -0.124. The molecule has 25 heavy (non-hydrogen) atoms. The molecule has 1 aromatic rings. The Hall–Kier alpha value is -1.88. The summed E-state index contributed by atoms with van der Waals surface area (Å²) in [6, 6.07) is 7.54. The Morgan fingerprint density at radius 2 is 1.84 bits per heavy atom. The molecule has 1 aromatic carbocycles. The van der Waals surface area contributed by atoms with Crippen molar-refractivity contribution in [3.63, 3.8) is 0 Å². The van der Waals surface area contributed by atoms with Crippen LogP contribution in [0, 0.1) is 0 Å². The highest BCUT2D eigenvalue weighted by Gasteiger charge is 2.25. The van der Waals surface area contributed by atoms with Gasteiger partial charge in [-0.05, 0) is 43.9 Å². The second kappa shape index (κ2) is 8.48. The number of hydrogen-bond donors (Lipinski definition) is 1. The number of carbonyl (C=O) groups is 2. The molecule has 1 N–H and O–H groups in total. The fraction of sp³-hybridized carbons (Fsp3) is 0.600. The van der Waals surface area contributed by atoms with E-state index in [1.165, 1.54) is 25.7 Å². The van der Waals surface area contributed by atoms with Crippen LogP contribution in [-0.4, -0.2) is 42.5 Å². The van der Waals surface area contributed by atoms with E-state index in [9.17, 15) is 9.59 Å². The average Bonchev–Trinajstić information content (AvgIpc) is 3.04. The van der Waals surface area contributed by atoms with Crippen molar-refractivity contribution >= 4 is 17.5 Å². The van der Waals surface area contributed by atoms with Gasteiger partial charge >= 0.3 is 0 Å². The largest absolute Gasteiger partial charge is 0.368 e. The number of nitrogens with one attached hydrogen (secondary N) is 1. The van der Waals surface area contributed by atoms with E-state index in [4.69, 9.17) is 4.74 Å². The predicted octanol–water partition coefficient (Wildman–Crippen LogP) is 3.60. The number of hydrogen-bond acceptors (Lipinski definition) is 3. The zero-order valence-corrected chi connectivity index (χ0v) is 15.0. The number of amides is 2. The highest BCUT2D eigenvalue weighted by atomic mass is 16.5. The summed E-state index contributed by atoms with van der Waals surface area (Å²) in [7, 11) is 1.90. The molecule has 0 spiro atoms. The molecule has 2 amide bonds. The Morgan fingerprint density at radius 3 is 2.52 bits per heavy atom. The standard InChI is InChI=1S/C20H28N2O3/c1-22(17-10-4-2-3-5-11-17)20(24)15-8-6-9-16(14-15)21-19(23)18-12-7-13-25-18/h6,8-9,14,17-18H,2-5,7,10-13H2,1H3,(H,21,23)/t18-/m0/s1. The van der Waals surface area contributed by atoms with Gasteiger partial charge in [-0.2, -0.15) is 0 Å². The van der Waals surface area contributed by atoms with E-state index in [1.54, 1.807) is 6.07 Å². The first-order valence-electron chi connectivity index (χ1n) is 9.45. The molecular formula is C20H28N2O3. The van der Waals surface area contributed by atoms with Gasteiger partial charge in [0.15, 0.2) is 0 Å². The number of nitrogens with zero attached hydrogens (tertiary/aromatic N) is 1. The molecular weight excluding hydrogens is 316 g/mol. The Labute approximate surface area is 149 Å². The Kier molecular flexibility index (Phi) is 6.08. The van der Waals surface area contributed by atoms with Crippen molar-refractivity contribution in [1.29, 1.82) is 0 Å². The molecule has 2 fully saturated rings. The summed E-state index contributed by atoms with van der Waals surface area (Å²) in [5, 5.41) is 2.87. The van der Waals surface area contributed by atoms with Gasteiger partial charge in [0, 0.05) is 30.9 Å². The zero-order valence-electron chi connectivity index (χ0n) is 15.0. The zero-order chi connectivity index (χ0) is 17.6. The van der Waals surface area contributed by atoms with Gasteiger partial charge in [-0.1, -0.05) is 31.7 Å². The molecule has 1 atom stereocenters. The topological polar surface area (TPSA) is 58.6 Å². The van der Waals surface area contributed by atoms with Crippen molar-refractivity contribution in [3.05, 3.63) is 29.8 Å². The molecule has 1 saturated heterocycles. The van der Waals surface area contributed by atoms with Crippen molar-refractivity contribution in [2.75, 3.05) is 19.0 Å². The van der Waals surface area contributed by atoms with Crippen molar-refractivity contribution in [3.8, 4) is 0 Å². The van der Waals surface area contributed by atoms with Crippen LogP contribution in [0.15, 0.2) is 24.3 Å². The molecule has 5 nitrogen and oxygen atoms in total. The molecule has 136 valence electrons. The Balaban J connectivity index is 1.65. The van der Waals surface area contributed by atoms with Crippen LogP contribution in [0.4, 0.5) is 5.69 Å². The van der Waals surface area contributed by atoms with Gasteiger partial charge in [-0.25, -0.2) is 0 Å². The monoisotopic (exact) mass is 344 g/mol. The first-order valence-corrected chi connectivity index (χ1v) is 9.45. The first-order chi connectivity index (χ1) is 12.1. The molecule has 0 radical (unpaired) electrons. The van der Waals surface area contributed by atoms with Crippen LogP contribution < -0.4 is 5.32 Å². The molecule has 1 aliphatic heterocycles. The van der Waals surface area contributed by atoms with Crippen LogP contribution in [0.5, 0.6) is 0 Å². The minimum Gasteiger partial charge on any atom is -0.368 e. The SMILES string of the molecule is CN(C(=O)c1cccc(NC(=O)[C@@H]2CCCO2)c1)C1CCCCCC1. The van der Waals surface area contributed by atoms with Gasteiger partial charge in [0.2, 0.25) is 0 Å². The third-order valence-electron chi connectivity index (χ3n) is 5.29. The lowest BCUT2D eigenvalue weighted by Gasteiger charge is -2.27. The third-order valence-corrected chi connectivity index (χ3v) is 5.29. The highest BCUT2D eigenvalue weighted by molar-refractivity contribution is 5.98. The molecule has 1 saturated carbocycles. The van der Waals surface area contributed by atoms with Gasteiger partial charge in [0.05, 0.1) is 0 Å². The summed E-state index contributed by atoms with van der Waals surface area (Å²) < 4.78 is 5.41. The van der Waals surface area contributed by atoms with Gasteiger partial charge < -0.3 is 15.0 Å². The van der Waals surface area contributed by atoms with Crippen LogP contribution in [-0.2, 0) is 9.53 Å². The lowest BCUT2D eigenvalue weighted by atomic mass is 10.1. The average molecular weight is 344 g/mol. The summed E-state index contributed by atoms with van der Waals surface area (Å²) in [5.41, 5.74) is 1.28. The maximum Gasteiger partial charge on any atom is 0.253 e. The molecule has 1 aliphatic carbocycles. The van der Waals surface area contributed by atoms with E-state index in [0.717, 1.165) is 25.7 Å². The summed E-state index contributed by atoms with van der Waals surface area (Å²) in [4.78, 5) is 26.9. The number of ether oxygens (including phenoxy) is 1. The van der Waals surface area contributed by atoms with Crippen LogP contribution in [0.3, 0.4) is 0 Å². The third kappa shape index (κ3) is 4.60. The second-order valence-electron chi connectivity index (χ2n) is 7.13. The molecule has 0 aromatic heterocycles. The molecule has 5 heteroatoms. The van der Waals surface area contributed by atoms with E-state index in [0.29, 0.717) is 23.9 Å². The normalized spacial score (nSPS) is 21.6. The number of benzene rings is 1. The number of carbonyl (C=O) groups excluding carboxylic acids is 2. The summed E-state index contributed by atoms with van der Waals surface area (Å²) in [5.74, 6) is -0.0978. The first kappa shape index (κ1) is 17.9. The van der Waals surface area contributed by atoms with E-state index < -0.39 is 0 Å². The van der Waals surface area contributed by atoms with Crippen LogP contribution in [0.2, 0.25) is 0 Å². The maximum atomic E-state index is 12.8. The fourth-order valence-electron chi connectivity index (χ4n) is 3.75. The van der Waals surface area contributed by atoms with Gasteiger partial charge in [-0.3, -0.25) is 9.59 Å². The van der Waals surface area contributed by atoms with Crippen molar-refractivity contribution < 1.29 is 14.3 Å². The molecule has 0 unspecified atom stereocenters. The smallest absolute Gasteiger partial charge is 0.253 e. The van der Waals surface area contributed by atoms with E-state index in [-0.39, 0.29) is 17.9 Å². The fourth-order valence-corrected chi connectivity index (χ4v) is 3.75. The lowest BCUT2D eigenvalue weighted by Crippen LogP contribution is -2.36. The Morgan fingerprint density at radius 1 is 1.08 bits per heavy atom. The van der Waals surface area contributed by atoms with Crippen molar-refractivity contribution in [2.45, 2.75) is 63.5 Å². The molecule has 2 aliphatic rings. The molecule has 3 rings (SSSR count). The van der Waals surface area contributed by atoms with Crippen molar-refractivity contribution in [2.24, 2.45) is 0 Å². The van der Waals surface area contributed by atoms with Gasteiger partial charge in [0.1, 0.15) is 6.10 Å². The summed E-state index contributed by atoms with van der Waals surface area (Å²) >= 11 is 0. The summed E-state index contributed by atoms with van der Waals surface area (Å²) in [6.45, 7) is 0.642. The number of anilines is 1. The molecule has 0 bridgehead atoms. The minimum absolute atomic E-state index is 0.0279. The Bertz CT molecular complexity index is 603. The number of rotatable bonds is 4. The van der Waals surface area contributed by atoms with E-state index in [2.05, 4.69) is 5.32 Å². The van der Waals surface area contributed by atoms with E-state index >= 15 is 0 Å². The van der Waals surface area contributed by atoms with Crippen molar-refractivity contribution in [1.82, 2.24) is 4.90 Å². The second-order valence-corrected chi connectivity index (χ2v) is 7.13. The van der Waals surface area contributed by atoms with Crippen LogP contribution in [0.1, 0.15) is 61.7 Å². The predicted molar refractivity (Wildman–Crippen MR) is 97.6 cm³/mol. The van der Waals surface area contributed by atoms with Crippen LogP contribution >= 0.6 is 0 Å². The van der Waals surface area contributed by atoms with Crippen LogP contribution in [0.25, 0.3) is 0 Å². The highest BCUT2D eigenvalue weighted by Crippen LogP contribution is 2.23. The minimum atomic E-state index is -0.368. The van der Waals surface area contributed by atoms with Gasteiger partial charge in [0.25, 0.3) is 11.8 Å². The maximum absolute atomic E-state index is 12.8. The summed E-state index contributed by atoms with van der Waals surface area (Å²) in [6.07, 6.45) is 8.40. The quantitative estimate of drug-likeness (QED) is 0.849. The van der Waals surface area contributed by atoms with Gasteiger partial charge in [-0.15, -0.1) is 0 Å². The van der Waals surface area contributed by atoms with E-state index in [1.807, 2.05) is 30.1 Å². The molecule has 1 heterocycles.